The molecule has 2 saturated carbocycles. The minimum absolute atomic E-state index is 0.0351. The van der Waals surface area contributed by atoms with Crippen molar-refractivity contribution in [3.8, 4) is 0 Å². The molecule has 0 radical (unpaired) electrons. The number of fused-ring (bicyclic) bond motifs is 2. The summed E-state index contributed by atoms with van der Waals surface area (Å²) < 4.78 is 73.2. The Morgan fingerprint density at radius 1 is 1.04 bits per heavy atom. The van der Waals surface area contributed by atoms with Crippen LogP contribution in [0.15, 0.2) is 65.6 Å². The molecule has 3 heterocycles. The van der Waals surface area contributed by atoms with Crippen LogP contribution in [-0.2, 0) is 18.0 Å². The van der Waals surface area contributed by atoms with Crippen molar-refractivity contribution in [3.63, 3.8) is 0 Å². The van der Waals surface area contributed by atoms with E-state index < -0.39 is 35.1 Å². The lowest BCUT2D eigenvalue weighted by Crippen LogP contribution is -2.47. The molecule has 2 bridgehead atoms. The highest BCUT2D eigenvalue weighted by Crippen LogP contribution is 2.52. The number of anilines is 2. The number of hydrogen-bond acceptors (Lipinski definition) is 5. The Balaban J connectivity index is 1.10. The number of amides is 1. The number of rotatable bonds is 7. The van der Waals surface area contributed by atoms with E-state index in [1.54, 1.807) is 11.9 Å². The molecule has 254 valence electrons. The molecule has 2 saturated heterocycles. The monoisotopic (exact) mass is 683 g/mol. The first kappa shape index (κ1) is 32.9. The number of imidazole rings is 1. The minimum atomic E-state index is -4.69. The molecule has 1 N–H and O–H groups in total. The van der Waals surface area contributed by atoms with E-state index in [0.29, 0.717) is 31.9 Å². The van der Waals surface area contributed by atoms with Crippen molar-refractivity contribution in [1.29, 1.82) is 0 Å². The SMILES string of the molecule is Cc1nc2cc(SN(C)c3ccc(C4CC(N5CC6(F)CC5C6)CC(C(=O)Nc5ccc(C(F)(F)F)cc5F)[C@@H]4C)cc3)ccc2n1C. The molecule has 1 aromatic heterocycles. The number of aromatic nitrogens is 2. The summed E-state index contributed by atoms with van der Waals surface area (Å²) in [4.78, 5) is 21.6. The van der Waals surface area contributed by atoms with Crippen LogP contribution in [0.3, 0.4) is 0 Å². The molecule has 4 fully saturated rings. The average molecular weight is 684 g/mol. The fraction of sp³-hybridized carbons (Fsp3) is 0.444. The Bertz CT molecular complexity index is 1850. The fourth-order valence-electron chi connectivity index (χ4n) is 8.00. The highest BCUT2D eigenvalue weighted by molar-refractivity contribution is 8.00. The number of aryl methyl sites for hydroxylation is 2. The first-order valence-electron chi connectivity index (χ1n) is 16.3. The van der Waals surface area contributed by atoms with E-state index in [0.717, 1.165) is 51.6 Å². The van der Waals surface area contributed by atoms with Gasteiger partial charge >= 0.3 is 6.18 Å². The summed E-state index contributed by atoms with van der Waals surface area (Å²) in [5.41, 5.74) is 1.49. The first-order valence-corrected chi connectivity index (χ1v) is 17.0. The van der Waals surface area contributed by atoms with Gasteiger partial charge in [0.15, 0.2) is 0 Å². The summed E-state index contributed by atoms with van der Waals surface area (Å²) in [5, 5.41) is 2.57. The quantitative estimate of drug-likeness (QED) is 0.156. The van der Waals surface area contributed by atoms with Gasteiger partial charge in [-0.15, -0.1) is 0 Å². The van der Waals surface area contributed by atoms with Gasteiger partial charge in [0.05, 0.1) is 22.3 Å². The second-order valence-electron chi connectivity index (χ2n) is 13.8. The molecular weight excluding hydrogens is 645 g/mol. The maximum Gasteiger partial charge on any atom is 0.416 e. The fourth-order valence-corrected chi connectivity index (χ4v) is 8.83. The van der Waals surface area contributed by atoms with Crippen LogP contribution < -0.4 is 9.62 Å². The molecule has 0 spiro atoms. The number of halogens is 5. The summed E-state index contributed by atoms with van der Waals surface area (Å²) in [7, 11) is 4.00. The van der Waals surface area contributed by atoms with E-state index in [1.807, 2.05) is 27.9 Å². The van der Waals surface area contributed by atoms with E-state index in [4.69, 9.17) is 0 Å². The zero-order valence-electron chi connectivity index (χ0n) is 27.2. The molecular formula is C36H38F5N5OS. The summed E-state index contributed by atoms with van der Waals surface area (Å²) in [6, 6.07) is 16.7. The molecule has 2 aliphatic carbocycles. The Morgan fingerprint density at radius 2 is 1.77 bits per heavy atom. The van der Waals surface area contributed by atoms with Crippen LogP contribution >= 0.6 is 11.9 Å². The topological polar surface area (TPSA) is 53.4 Å². The molecule has 12 heteroatoms. The smallest absolute Gasteiger partial charge is 0.331 e. The standard InChI is InChI=1S/C36H38F5N5OS/c1-20-28(22-5-8-24(9-6-22)45(4)48-27-10-12-33-32(16-27)42-21(2)44(33)3)14-25(46-19-35(38)17-26(46)18-35)15-29(20)34(47)43-31-11-7-23(13-30(31)37)36(39,40)41/h5-13,16,20,25-26,28-29H,14-15,17-19H2,1-4H3,(H,43,47)/t20-,25?,26?,28?,29?,35?/m1/s1. The third-order valence-corrected chi connectivity index (χ3v) is 11.8. The van der Waals surface area contributed by atoms with Gasteiger partial charge in [0.25, 0.3) is 0 Å². The van der Waals surface area contributed by atoms with Gasteiger partial charge in [-0.1, -0.05) is 19.1 Å². The van der Waals surface area contributed by atoms with Crippen molar-refractivity contribution < 1.29 is 26.7 Å². The van der Waals surface area contributed by atoms with Gasteiger partial charge in [0.1, 0.15) is 17.3 Å². The predicted octanol–water partition coefficient (Wildman–Crippen LogP) is 8.51. The van der Waals surface area contributed by atoms with E-state index in [9.17, 15) is 22.4 Å². The van der Waals surface area contributed by atoms with Crippen molar-refractivity contribution in [2.75, 3.05) is 23.2 Å². The van der Waals surface area contributed by atoms with Gasteiger partial charge in [-0.05, 0) is 110 Å². The third-order valence-electron chi connectivity index (χ3n) is 10.8. The molecule has 3 aromatic carbocycles. The van der Waals surface area contributed by atoms with Gasteiger partial charge in [-0.3, -0.25) is 9.69 Å². The molecule has 2 aliphatic heterocycles. The largest absolute Gasteiger partial charge is 0.416 e. The van der Waals surface area contributed by atoms with Crippen LogP contribution in [0, 0.1) is 24.6 Å². The molecule has 48 heavy (non-hydrogen) atoms. The average Bonchev–Trinajstić information content (AvgIpc) is 3.64. The van der Waals surface area contributed by atoms with Crippen molar-refractivity contribution in [2.45, 2.75) is 74.3 Å². The first-order chi connectivity index (χ1) is 22.7. The third kappa shape index (κ3) is 6.06. The normalized spacial score (nSPS) is 27.2. The van der Waals surface area contributed by atoms with E-state index in [2.05, 4.69) is 66.5 Å². The van der Waals surface area contributed by atoms with E-state index in [-0.39, 0.29) is 29.6 Å². The number of carbonyl (C=O) groups excluding carboxylic acids is 1. The van der Waals surface area contributed by atoms with E-state index >= 15 is 4.39 Å². The zero-order chi connectivity index (χ0) is 34.1. The van der Waals surface area contributed by atoms with Crippen molar-refractivity contribution in [3.05, 3.63) is 83.4 Å². The van der Waals surface area contributed by atoms with Gasteiger partial charge < -0.3 is 14.2 Å². The summed E-state index contributed by atoms with van der Waals surface area (Å²) >= 11 is 1.59. The number of alkyl halides is 4. The number of benzene rings is 3. The summed E-state index contributed by atoms with van der Waals surface area (Å²) in [6.07, 6.45) is -2.47. The lowest BCUT2D eigenvalue weighted by Gasteiger charge is -2.44. The number of nitrogens with one attached hydrogen (secondary N) is 1. The number of nitrogens with zero attached hydrogens (tertiary/aromatic N) is 4. The van der Waals surface area contributed by atoms with Crippen LogP contribution in [0.2, 0.25) is 0 Å². The maximum absolute atomic E-state index is 15.0. The number of carbonyl (C=O) groups is 1. The van der Waals surface area contributed by atoms with Gasteiger partial charge in [-0.25, -0.2) is 13.8 Å². The van der Waals surface area contributed by atoms with Gasteiger partial charge in [0, 0.05) is 49.2 Å². The zero-order valence-corrected chi connectivity index (χ0v) is 28.0. The van der Waals surface area contributed by atoms with Crippen LogP contribution in [0.25, 0.3) is 11.0 Å². The van der Waals surface area contributed by atoms with Crippen LogP contribution in [0.1, 0.15) is 55.5 Å². The van der Waals surface area contributed by atoms with Gasteiger partial charge in [0.2, 0.25) is 5.91 Å². The van der Waals surface area contributed by atoms with Crippen LogP contribution in [0.4, 0.5) is 33.3 Å². The second-order valence-corrected chi connectivity index (χ2v) is 15.0. The Labute approximate surface area is 280 Å². The Morgan fingerprint density at radius 3 is 2.42 bits per heavy atom. The molecule has 3 unspecified atom stereocenters. The van der Waals surface area contributed by atoms with Crippen molar-refractivity contribution in [2.24, 2.45) is 18.9 Å². The lowest BCUT2D eigenvalue weighted by molar-refractivity contribution is -0.137. The Kier molecular flexibility index (Phi) is 8.25. The van der Waals surface area contributed by atoms with Crippen LogP contribution in [-0.4, -0.2) is 51.7 Å². The molecule has 6 nitrogen and oxygen atoms in total. The lowest BCUT2D eigenvalue weighted by atomic mass is 9.67. The van der Waals surface area contributed by atoms with Crippen molar-refractivity contribution in [1.82, 2.24) is 14.5 Å². The van der Waals surface area contributed by atoms with Gasteiger partial charge in [-0.2, -0.15) is 13.2 Å². The molecule has 4 atom stereocenters. The molecule has 4 aromatic rings. The van der Waals surface area contributed by atoms with Crippen molar-refractivity contribution >= 4 is 40.3 Å². The highest BCUT2D eigenvalue weighted by atomic mass is 32.2. The highest BCUT2D eigenvalue weighted by Gasteiger charge is 2.58. The molecule has 1 amide bonds. The Hall–Kier alpha value is -3.64. The van der Waals surface area contributed by atoms with E-state index in [1.165, 1.54) is 0 Å². The molecule has 4 aliphatic rings. The summed E-state index contributed by atoms with van der Waals surface area (Å²) in [6.45, 7) is 4.32. The van der Waals surface area contributed by atoms with Crippen LogP contribution in [0.5, 0.6) is 0 Å². The maximum atomic E-state index is 15.0. The number of hydrogen-bond donors (Lipinski definition) is 1. The second kappa shape index (κ2) is 12.0. The minimum Gasteiger partial charge on any atom is -0.331 e. The summed E-state index contributed by atoms with van der Waals surface area (Å²) in [5.74, 6) is -1.36. The predicted molar refractivity (Wildman–Crippen MR) is 178 cm³/mol. The molecule has 8 rings (SSSR count).